The number of ether oxygens (including phenoxy) is 2. The summed E-state index contributed by atoms with van der Waals surface area (Å²) >= 11 is 0. The van der Waals surface area contributed by atoms with Crippen molar-refractivity contribution >= 4 is 6.08 Å². The zero-order chi connectivity index (χ0) is 10.2. The molecule has 0 aromatic heterocycles. The summed E-state index contributed by atoms with van der Waals surface area (Å²) in [7, 11) is 1.62. The summed E-state index contributed by atoms with van der Waals surface area (Å²) in [6.07, 6.45) is 2.76. The van der Waals surface area contributed by atoms with E-state index < -0.39 is 0 Å². The predicted molar refractivity (Wildman–Crippen MR) is 58.1 cm³/mol. The maximum Gasteiger partial charge on any atom is 0.146 e. The Morgan fingerprint density at radius 3 is 2.57 bits per heavy atom. The van der Waals surface area contributed by atoms with Gasteiger partial charge in [-0.2, -0.15) is 0 Å². The Bertz CT molecular complexity index is 264. The Balaban J connectivity index is 2.32. The molecule has 0 fully saturated rings. The maximum atomic E-state index is 5.20. The average molecular weight is 192 g/mol. The van der Waals surface area contributed by atoms with Crippen LogP contribution in [0.3, 0.4) is 0 Å². The van der Waals surface area contributed by atoms with Gasteiger partial charge < -0.3 is 9.47 Å². The quantitative estimate of drug-likeness (QED) is 0.509. The highest BCUT2D eigenvalue weighted by Gasteiger charge is 1.92. The number of hydrogen-bond donors (Lipinski definition) is 0. The van der Waals surface area contributed by atoms with E-state index >= 15 is 0 Å². The molecular weight excluding hydrogens is 176 g/mol. The van der Waals surface area contributed by atoms with Crippen molar-refractivity contribution in [3.05, 3.63) is 42.0 Å². The molecule has 2 nitrogen and oxygen atoms in total. The molecule has 0 heterocycles. The Morgan fingerprint density at radius 1 is 1.29 bits per heavy atom. The molecule has 0 spiro atoms. The molecule has 1 rings (SSSR count). The van der Waals surface area contributed by atoms with Crippen molar-refractivity contribution in [1.82, 2.24) is 0 Å². The normalized spacial score (nSPS) is 10.1. The van der Waals surface area contributed by atoms with Gasteiger partial charge >= 0.3 is 0 Å². The second-order valence-corrected chi connectivity index (χ2v) is 3.01. The molecule has 0 saturated heterocycles. The van der Waals surface area contributed by atoms with Crippen LogP contribution in [0.4, 0.5) is 0 Å². The fourth-order valence-electron chi connectivity index (χ4n) is 1.15. The number of benzene rings is 1. The van der Waals surface area contributed by atoms with Crippen molar-refractivity contribution in [2.75, 3.05) is 20.5 Å². The highest BCUT2D eigenvalue weighted by Crippen LogP contribution is 2.06. The van der Waals surface area contributed by atoms with Gasteiger partial charge in [0.1, 0.15) is 6.79 Å². The third-order valence-electron chi connectivity index (χ3n) is 1.95. The first-order valence-corrected chi connectivity index (χ1v) is 4.65. The molecule has 0 bridgehead atoms. The lowest BCUT2D eigenvalue weighted by atomic mass is 10.1. The van der Waals surface area contributed by atoms with Gasteiger partial charge in [-0.1, -0.05) is 36.9 Å². The Labute approximate surface area is 85.2 Å². The summed E-state index contributed by atoms with van der Waals surface area (Å²) in [6.45, 7) is 4.77. The van der Waals surface area contributed by atoms with Crippen molar-refractivity contribution in [1.29, 1.82) is 0 Å². The van der Waals surface area contributed by atoms with E-state index in [2.05, 4.69) is 30.8 Å². The van der Waals surface area contributed by atoms with Crippen molar-refractivity contribution < 1.29 is 9.47 Å². The van der Waals surface area contributed by atoms with Crippen LogP contribution >= 0.6 is 0 Å². The van der Waals surface area contributed by atoms with Gasteiger partial charge in [0.05, 0.1) is 6.61 Å². The number of methoxy groups -OCH3 is 1. The molecule has 0 aliphatic carbocycles. The van der Waals surface area contributed by atoms with Gasteiger partial charge in [-0.25, -0.2) is 0 Å². The van der Waals surface area contributed by atoms with Gasteiger partial charge in [0, 0.05) is 7.11 Å². The van der Waals surface area contributed by atoms with E-state index in [1.807, 2.05) is 6.08 Å². The largest absolute Gasteiger partial charge is 0.359 e. The van der Waals surface area contributed by atoms with Crippen LogP contribution in [0.2, 0.25) is 0 Å². The molecule has 76 valence electrons. The summed E-state index contributed by atoms with van der Waals surface area (Å²) in [4.78, 5) is 0. The maximum absolute atomic E-state index is 5.20. The minimum absolute atomic E-state index is 0.366. The highest BCUT2D eigenvalue weighted by atomic mass is 16.7. The first-order chi connectivity index (χ1) is 6.86. The zero-order valence-corrected chi connectivity index (χ0v) is 8.53. The Kier molecular flexibility index (Phi) is 4.97. The molecule has 0 N–H and O–H groups in total. The molecule has 2 heteroatoms. The van der Waals surface area contributed by atoms with Crippen LogP contribution in [0.25, 0.3) is 6.08 Å². The van der Waals surface area contributed by atoms with E-state index in [0.29, 0.717) is 13.4 Å². The topological polar surface area (TPSA) is 18.5 Å². The smallest absolute Gasteiger partial charge is 0.146 e. The van der Waals surface area contributed by atoms with Crippen LogP contribution in [-0.4, -0.2) is 20.5 Å². The van der Waals surface area contributed by atoms with Gasteiger partial charge in [-0.15, -0.1) is 0 Å². The number of hydrogen-bond acceptors (Lipinski definition) is 2. The van der Waals surface area contributed by atoms with Crippen LogP contribution in [-0.2, 0) is 15.9 Å². The Hall–Kier alpha value is -1.12. The van der Waals surface area contributed by atoms with Gasteiger partial charge in [0.2, 0.25) is 0 Å². The van der Waals surface area contributed by atoms with E-state index in [0.717, 1.165) is 12.0 Å². The number of rotatable bonds is 6. The van der Waals surface area contributed by atoms with Crippen molar-refractivity contribution in [3.63, 3.8) is 0 Å². The molecule has 0 atom stereocenters. The van der Waals surface area contributed by atoms with Crippen LogP contribution in [0.5, 0.6) is 0 Å². The van der Waals surface area contributed by atoms with Crippen LogP contribution in [0.1, 0.15) is 11.1 Å². The first-order valence-electron chi connectivity index (χ1n) is 4.65. The van der Waals surface area contributed by atoms with E-state index in [1.54, 1.807) is 7.11 Å². The third kappa shape index (κ3) is 3.73. The predicted octanol–water partition coefficient (Wildman–Crippen LogP) is 2.49. The summed E-state index contributed by atoms with van der Waals surface area (Å²) in [5, 5.41) is 0. The second-order valence-electron chi connectivity index (χ2n) is 3.01. The zero-order valence-electron chi connectivity index (χ0n) is 8.53. The van der Waals surface area contributed by atoms with Crippen molar-refractivity contribution in [2.24, 2.45) is 0 Å². The van der Waals surface area contributed by atoms with Crippen LogP contribution in [0.15, 0.2) is 30.8 Å². The molecular formula is C12H16O2. The monoisotopic (exact) mass is 192 g/mol. The highest BCUT2D eigenvalue weighted by molar-refractivity contribution is 5.47. The standard InChI is InChI=1S/C12H16O2/c1-3-11-4-6-12(7-5-11)8-9-14-10-13-2/h3-7H,1,8-10H2,2H3. The fraction of sp³-hybridized carbons (Fsp3) is 0.333. The molecule has 1 aromatic carbocycles. The SMILES string of the molecule is C=Cc1ccc(CCOCOC)cc1. The molecule has 14 heavy (non-hydrogen) atoms. The van der Waals surface area contributed by atoms with Crippen molar-refractivity contribution in [3.8, 4) is 0 Å². The summed E-state index contributed by atoms with van der Waals surface area (Å²) in [6, 6.07) is 8.29. The lowest BCUT2D eigenvalue weighted by molar-refractivity contribution is -0.0291. The van der Waals surface area contributed by atoms with Crippen LogP contribution in [0, 0.1) is 0 Å². The lowest BCUT2D eigenvalue weighted by Crippen LogP contribution is -2.01. The third-order valence-corrected chi connectivity index (χ3v) is 1.95. The second kappa shape index (κ2) is 6.35. The van der Waals surface area contributed by atoms with E-state index in [1.165, 1.54) is 5.56 Å². The van der Waals surface area contributed by atoms with Gasteiger partial charge in [-0.05, 0) is 17.5 Å². The summed E-state index contributed by atoms with van der Waals surface area (Å²) in [5.74, 6) is 0. The summed E-state index contributed by atoms with van der Waals surface area (Å²) in [5.41, 5.74) is 2.42. The molecule has 0 radical (unpaired) electrons. The van der Waals surface area contributed by atoms with Crippen molar-refractivity contribution in [2.45, 2.75) is 6.42 Å². The fourth-order valence-corrected chi connectivity index (χ4v) is 1.15. The molecule has 1 aromatic rings. The molecule has 0 amide bonds. The Morgan fingerprint density at radius 2 is 2.00 bits per heavy atom. The minimum Gasteiger partial charge on any atom is -0.359 e. The molecule has 0 aliphatic heterocycles. The first kappa shape index (κ1) is 11.0. The average Bonchev–Trinajstić information content (AvgIpc) is 2.25. The molecule has 0 unspecified atom stereocenters. The molecule has 0 aliphatic rings. The van der Waals surface area contributed by atoms with Gasteiger partial charge in [0.15, 0.2) is 0 Å². The van der Waals surface area contributed by atoms with E-state index in [4.69, 9.17) is 9.47 Å². The van der Waals surface area contributed by atoms with E-state index in [9.17, 15) is 0 Å². The lowest BCUT2D eigenvalue weighted by Gasteiger charge is -2.03. The van der Waals surface area contributed by atoms with Gasteiger partial charge in [-0.3, -0.25) is 0 Å². The van der Waals surface area contributed by atoms with E-state index in [-0.39, 0.29) is 0 Å². The molecule has 0 saturated carbocycles. The summed E-state index contributed by atoms with van der Waals surface area (Å²) < 4.78 is 9.98. The van der Waals surface area contributed by atoms with Gasteiger partial charge in [0.25, 0.3) is 0 Å². The minimum atomic E-state index is 0.366. The van der Waals surface area contributed by atoms with Crippen LogP contribution < -0.4 is 0 Å².